The fraction of sp³-hybridized carbons (Fsp3) is 0.0172. The smallest absolute Gasteiger partial charge is 0.179 e. The van der Waals surface area contributed by atoms with E-state index in [2.05, 4.69) is 496 Å². The van der Waals surface area contributed by atoms with Gasteiger partial charge in [0.2, 0.25) is 0 Å². The molecule has 4 heteroatoms. The summed E-state index contributed by atoms with van der Waals surface area (Å²) >= 11 is 0. The predicted octanol–water partition coefficient (Wildman–Crippen LogP) is 20.2. The van der Waals surface area contributed by atoms with Crippen molar-refractivity contribution in [2.24, 2.45) is 0 Å². The Morgan fingerprint density at radius 1 is 0.175 bits per heavy atom. The number of hydrogen-bond acceptors (Lipinski definition) is 0. The van der Waals surface area contributed by atoms with Crippen LogP contribution in [0.15, 0.2) is 491 Å². The molecule has 19 aromatic carbocycles. The van der Waals surface area contributed by atoms with Crippen LogP contribution in [-0.4, -0.2) is 28.8 Å². The van der Waals surface area contributed by atoms with Crippen molar-refractivity contribution in [3.05, 3.63) is 525 Å². The molecule has 0 amide bonds. The summed E-state index contributed by atoms with van der Waals surface area (Å²) in [7, 11) is -9.38. The molecule has 1 nitrogen and oxygen atoms in total. The lowest BCUT2D eigenvalue weighted by Gasteiger charge is -2.47. The van der Waals surface area contributed by atoms with Crippen molar-refractivity contribution in [3.8, 4) is 61.3 Å². The van der Waals surface area contributed by atoms with Crippen molar-refractivity contribution in [1.29, 1.82) is 0 Å². The van der Waals surface area contributed by atoms with Gasteiger partial charge in [-0.2, -0.15) is 0 Å². The molecule has 0 saturated carbocycles. The summed E-state index contributed by atoms with van der Waals surface area (Å²) < 4.78 is 2.65. The summed E-state index contributed by atoms with van der Waals surface area (Å²) in [5, 5.41) is 18.6. The van der Waals surface area contributed by atoms with Gasteiger partial charge in [0.25, 0.3) is 0 Å². The van der Waals surface area contributed by atoms with Gasteiger partial charge in [0.15, 0.2) is 24.2 Å². The predicted molar refractivity (Wildman–Crippen MR) is 514 cm³/mol. The lowest BCUT2D eigenvalue weighted by molar-refractivity contribution is 0.752. The highest BCUT2D eigenvalue weighted by atomic mass is 28.3. The highest BCUT2D eigenvalue weighted by Crippen LogP contribution is 2.58. The van der Waals surface area contributed by atoms with Crippen LogP contribution in [0.25, 0.3) is 83.1 Å². The molecule has 564 valence electrons. The highest BCUT2D eigenvalue weighted by molar-refractivity contribution is 7.21. The van der Waals surface area contributed by atoms with E-state index in [0.29, 0.717) is 0 Å². The first-order valence-electron chi connectivity index (χ1n) is 42.0. The third-order valence-corrected chi connectivity index (χ3v) is 40.6. The summed E-state index contributed by atoms with van der Waals surface area (Å²) in [4.78, 5) is 0. The Hall–Kier alpha value is -14.4. The zero-order valence-corrected chi connectivity index (χ0v) is 69.4. The summed E-state index contributed by atoms with van der Waals surface area (Å²) in [5.74, 6) is -0.163. The number of hydrogen-bond donors (Lipinski definition) is 0. The minimum atomic E-state index is -3.38. The topological polar surface area (TPSA) is 4.93 Å². The number of fused-ring (bicyclic) bond motifs is 3. The molecule has 0 spiro atoms. The average molecular weight is 1580 g/mol. The normalized spacial score (nSPS) is 13.5. The Morgan fingerprint density at radius 2 is 0.483 bits per heavy atom. The quantitative estimate of drug-likeness (QED) is 0.0596. The summed E-state index contributed by atoms with van der Waals surface area (Å²) in [6.45, 7) is 0. The molecule has 2 atom stereocenters. The molecule has 2 bridgehead atoms. The number of rotatable bonds is 18. The molecule has 1 heterocycles. The Bertz CT molecular complexity index is 6730. The Kier molecular flexibility index (Phi) is 18.2. The number of benzene rings is 19. The average Bonchev–Trinajstić information content (AvgIpc) is 0.907. The van der Waals surface area contributed by atoms with E-state index >= 15 is 0 Å². The number of nitrogens with zero attached hydrogens (tertiary/aromatic N) is 1. The van der Waals surface area contributed by atoms with Crippen LogP contribution in [0.5, 0.6) is 0 Å². The van der Waals surface area contributed by atoms with Crippen LogP contribution >= 0.6 is 0 Å². The largest absolute Gasteiger partial charge is 0.309 e. The van der Waals surface area contributed by atoms with Gasteiger partial charge in [0.05, 0.1) is 16.7 Å². The Labute approximate surface area is 705 Å². The molecule has 0 fully saturated rings. The van der Waals surface area contributed by atoms with Crippen molar-refractivity contribution in [2.45, 2.75) is 11.8 Å². The molecular weight excluding hydrogens is 1490 g/mol. The van der Waals surface area contributed by atoms with Gasteiger partial charge in [-0.1, -0.05) is 467 Å². The van der Waals surface area contributed by atoms with Crippen LogP contribution in [0.4, 0.5) is 0 Å². The summed E-state index contributed by atoms with van der Waals surface area (Å²) in [5.41, 5.74) is 23.7. The van der Waals surface area contributed by atoms with Crippen LogP contribution in [-0.2, 0) is 0 Å². The van der Waals surface area contributed by atoms with E-state index in [1.165, 1.54) is 168 Å². The van der Waals surface area contributed by atoms with Gasteiger partial charge >= 0.3 is 0 Å². The van der Waals surface area contributed by atoms with Crippen molar-refractivity contribution >= 4 is 108 Å². The maximum absolute atomic E-state index is 3.38. The van der Waals surface area contributed by atoms with Gasteiger partial charge in [0.1, 0.15) is 0 Å². The van der Waals surface area contributed by atoms with Gasteiger partial charge in [-0.15, -0.1) is 0 Å². The van der Waals surface area contributed by atoms with Gasteiger partial charge in [-0.25, -0.2) is 0 Å². The minimum Gasteiger partial charge on any atom is -0.309 e. The molecule has 1 aromatic heterocycles. The second-order valence-corrected chi connectivity index (χ2v) is 43.7. The standard InChI is InChI=1S/C116H83NSi3/c1-10-39-82(40-11-1)84-43-32-63-98(77-84)120(95-59-26-9-27-60-95,99-64-33-44-85(78-99)83-41-12-2-13-42-83)111-74-38-71-106-113-103-66-28-29-67-104(103)116(115(106)111)114-105(113)70-37-73-110(114)117-108-72-31-30-65-102(108)107-81-88(75-76-109(107)117)112-100(86-45-34-61-96(79-86)118(89-47-14-3-15-48-89,90-49-16-4-17-50-90)91-51-18-5-19-52-91)68-36-69-101(112)87-46-35-62-97(80-87)119(92-53-20-6-21-54-92,93-55-22-7-23-56-93)94-57-24-8-25-58-94/h1-81,113,116H. The van der Waals surface area contributed by atoms with Crippen molar-refractivity contribution in [1.82, 2.24) is 4.57 Å². The van der Waals surface area contributed by atoms with Gasteiger partial charge < -0.3 is 4.57 Å². The van der Waals surface area contributed by atoms with Crippen LogP contribution < -0.4 is 62.2 Å². The zero-order chi connectivity index (χ0) is 79.6. The van der Waals surface area contributed by atoms with E-state index in [1.807, 2.05) is 0 Å². The minimum absolute atomic E-state index is 0.0293. The third-order valence-electron chi connectivity index (χ3n) is 26.2. The maximum Gasteiger partial charge on any atom is 0.179 e. The molecule has 120 heavy (non-hydrogen) atoms. The van der Waals surface area contributed by atoms with E-state index in [0.717, 1.165) is 11.1 Å². The van der Waals surface area contributed by atoms with E-state index in [1.54, 1.807) is 0 Å². The third kappa shape index (κ3) is 11.6. The first-order chi connectivity index (χ1) is 59.6. The van der Waals surface area contributed by atoms with E-state index in [-0.39, 0.29) is 11.8 Å². The molecule has 23 rings (SSSR count). The van der Waals surface area contributed by atoms with Gasteiger partial charge in [0, 0.05) is 22.6 Å². The SMILES string of the molecule is c1ccc(-c2cccc([Si](c3ccccc3)(c3cccc(-c4ccccc4)c3)c3cccc4c3C3c5ccccc5C4c4cccc(-n5c6ccccc6c6cc(-c7c(-c8cccc([Si](c9ccccc9)(c9ccccc9)c9ccccc9)c8)cccc7-c7cccc([Si](c8ccccc8)(c8ccccc8)c8ccccc8)c7)ccc65)c43)c2)cc1. The maximum atomic E-state index is 2.65. The molecule has 0 radical (unpaired) electrons. The molecular formula is C116H83NSi3. The summed E-state index contributed by atoms with van der Waals surface area (Å²) in [6, 6.07) is 188. The number of aromatic nitrogens is 1. The molecule has 3 aliphatic rings. The van der Waals surface area contributed by atoms with Crippen molar-refractivity contribution in [3.63, 3.8) is 0 Å². The highest BCUT2D eigenvalue weighted by Gasteiger charge is 2.51. The summed E-state index contributed by atoms with van der Waals surface area (Å²) in [6.07, 6.45) is 0. The lowest BCUT2D eigenvalue weighted by atomic mass is 9.60. The van der Waals surface area contributed by atoms with Crippen LogP contribution in [0.1, 0.15) is 45.2 Å². The van der Waals surface area contributed by atoms with E-state index in [4.69, 9.17) is 0 Å². The van der Waals surface area contributed by atoms with Gasteiger partial charge in [-0.05, 0) is 176 Å². The van der Waals surface area contributed by atoms with E-state index in [9.17, 15) is 0 Å². The fourth-order valence-electron chi connectivity index (χ4n) is 21.3. The molecule has 0 N–H and O–H groups in total. The molecule has 3 aliphatic carbocycles. The van der Waals surface area contributed by atoms with Crippen LogP contribution in [0.2, 0.25) is 0 Å². The zero-order valence-electron chi connectivity index (χ0n) is 66.4. The lowest BCUT2D eigenvalue weighted by Crippen LogP contribution is -2.75. The molecule has 20 aromatic rings. The Balaban J connectivity index is 0.783. The van der Waals surface area contributed by atoms with Gasteiger partial charge in [-0.3, -0.25) is 0 Å². The van der Waals surface area contributed by atoms with Crippen molar-refractivity contribution < 1.29 is 0 Å². The number of para-hydroxylation sites is 1. The first-order valence-corrected chi connectivity index (χ1v) is 48.0. The molecule has 2 unspecified atom stereocenters. The van der Waals surface area contributed by atoms with Crippen LogP contribution in [0, 0.1) is 0 Å². The monoisotopic (exact) mass is 1570 g/mol. The fourth-order valence-corrected chi connectivity index (χ4v) is 36.0. The van der Waals surface area contributed by atoms with E-state index < -0.39 is 24.2 Å². The van der Waals surface area contributed by atoms with Crippen molar-refractivity contribution in [2.75, 3.05) is 0 Å². The molecule has 0 aliphatic heterocycles. The van der Waals surface area contributed by atoms with Crippen LogP contribution in [0.3, 0.4) is 0 Å². The second kappa shape index (κ2) is 30.3. The first kappa shape index (κ1) is 72.1. The Morgan fingerprint density at radius 3 is 0.933 bits per heavy atom. The molecule has 0 saturated heterocycles. The second-order valence-electron chi connectivity index (χ2n) is 32.3.